The highest BCUT2D eigenvalue weighted by Gasteiger charge is 2.23. The van der Waals surface area contributed by atoms with Gasteiger partial charge in [-0.15, -0.1) is 0 Å². The van der Waals surface area contributed by atoms with E-state index in [4.69, 9.17) is 8.85 Å². The van der Waals surface area contributed by atoms with E-state index in [1.54, 1.807) is 6.21 Å². The fourth-order valence-electron chi connectivity index (χ4n) is 1.02. The van der Waals surface area contributed by atoms with Gasteiger partial charge in [-0.1, -0.05) is 5.16 Å². The summed E-state index contributed by atoms with van der Waals surface area (Å²) in [7, 11) is -1.55. The molecule has 6 heteroatoms. The molecule has 0 aliphatic rings. The van der Waals surface area contributed by atoms with Crippen LogP contribution in [0.5, 0.6) is 0 Å². The summed E-state index contributed by atoms with van der Waals surface area (Å²) in [6, 6.07) is 0. The monoisotopic (exact) mass is 263 g/mol. The van der Waals surface area contributed by atoms with Gasteiger partial charge in [-0.05, 0) is 39.3 Å². The van der Waals surface area contributed by atoms with Crippen LogP contribution in [-0.4, -0.2) is 42.7 Å². The first-order valence-electron chi connectivity index (χ1n) is 5.52. The average Bonchev–Trinajstić information content (AvgIpc) is 2.06. The smallest absolute Gasteiger partial charge is 0.184 e. The predicted octanol–water partition coefficient (Wildman–Crippen LogP) is 2.69. The van der Waals surface area contributed by atoms with Gasteiger partial charge in [0.2, 0.25) is 0 Å². The minimum atomic E-state index is -1.58. The summed E-state index contributed by atoms with van der Waals surface area (Å²) in [5.41, 5.74) is 0. The number of nitrogens with zero attached hydrogens (tertiary/aromatic N) is 1. The van der Waals surface area contributed by atoms with Gasteiger partial charge in [0.1, 0.15) is 13.2 Å². The lowest BCUT2D eigenvalue weighted by atomic mass is 10.4. The summed E-state index contributed by atoms with van der Waals surface area (Å²) in [4.78, 5) is 4.68. The van der Waals surface area contributed by atoms with Crippen LogP contribution >= 0.6 is 0 Å². The second kappa shape index (κ2) is 6.53. The lowest BCUT2D eigenvalue weighted by Crippen LogP contribution is -2.38. The highest BCUT2D eigenvalue weighted by atomic mass is 28.4. The summed E-state index contributed by atoms with van der Waals surface area (Å²) in [5.74, 6) is 0. The second-order valence-corrected chi connectivity index (χ2v) is 14.6. The van der Waals surface area contributed by atoms with Crippen molar-refractivity contribution in [1.29, 1.82) is 0 Å². The molecule has 0 aliphatic heterocycles. The van der Waals surface area contributed by atoms with E-state index >= 15 is 0 Å². The van der Waals surface area contributed by atoms with Crippen molar-refractivity contribution < 1.29 is 13.7 Å². The van der Waals surface area contributed by atoms with Crippen LogP contribution in [0, 0.1) is 0 Å². The molecule has 4 nitrogen and oxygen atoms in total. The quantitative estimate of drug-likeness (QED) is 0.403. The molecule has 1 unspecified atom stereocenters. The topological polar surface area (TPSA) is 40.0 Å². The zero-order chi connectivity index (χ0) is 12.8. The van der Waals surface area contributed by atoms with Gasteiger partial charge < -0.3 is 13.7 Å². The number of rotatable bonds is 7. The Labute approximate surface area is 101 Å². The molecule has 0 aliphatic carbocycles. The fraction of sp³-hybridized carbons (Fsp3) is 0.900. The van der Waals surface area contributed by atoms with Crippen LogP contribution < -0.4 is 0 Å². The van der Waals surface area contributed by atoms with E-state index in [0.717, 1.165) is 0 Å². The molecule has 0 spiro atoms. The third-order valence-electron chi connectivity index (χ3n) is 1.52. The SMILES string of the molecule is CO/N=C/C(CO[Si](C)(C)C)O[Si](C)(C)C. The van der Waals surface area contributed by atoms with Crippen molar-refractivity contribution in [3.05, 3.63) is 0 Å². The summed E-state index contributed by atoms with van der Waals surface area (Å²) >= 11 is 0. The molecule has 0 aromatic heterocycles. The molecule has 0 saturated heterocycles. The van der Waals surface area contributed by atoms with E-state index in [1.807, 2.05) is 0 Å². The first-order chi connectivity index (χ1) is 7.14. The molecule has 0 N–H and O–H groups in total. The van der Waals surface area contributed by atoms with Crippen LogP contribution in [0.2, 0.25) is 39.3 Å². The predicted molar refractivity (Wildman–Crippen MR) is 73.0 cm³/mol. The third kappa shape index (κ3) is 10.3. The normalized spacial score (nSPS) is 15.4. The van der Waals surface area contributed by atoms with Crippen LogP contribution in [0.3, 0.4) is 0 Å². The largest absolute Gasteiger partial charge is 0.415 e. The molecule has 0 fully saturated rings. The van der Waals surface area contributed by atoms with Gasteiger partial charge in [-0.25, -0.2) is 0 Å². The Morgan fingerprint density at radius 3 is 2.00 bits per heavy atom. The standard InChI is InChI=1S/C10H25NO3Si2/c1-12-11-8-10(14-16(5,6)7)9-13-15(2,3)4/h8,10H,9H2,1-7H3/b11-8+. The number of hydrogen-bond donors (Lipinski definition) is 0. The molecule has 0 bridgehead atoms. The maximum atomic E-state index is 5.94. The van der Waals surface area contributed by atoms with Gasteiger partial charge >= 0.3 is 0 Å². The zero-order valence-corrected chi connectivity index (χ0v) is 13.5. The van der Waals surface area contributed by atoms with Crippen LogP contribution in [0.4, 0.5) is 0 Å². The Balaban J connectivity index is 4.27. The van der Waals surface area contributed by atoms with Crippen molar-refractivity contribution in [3.63, 3.8) is 0 Å². The molecule has 0 heterocycles. The lowest BCUT2D eigenvalue weighted by Gasteiger charge is -2.26. The Hall–Kier alpha value is -0.176. The van der Waals surface area contributed by atoms with Crippen LogP contribution in [0.25, 0.3) is 0 Å². The molecule has 0 aromatic rings. The van der Waals surface area contributed by atoms with Gasteiger partial charge in [0.25, 0.3) is 0 Å². The second-order valence-electron chi connectivity index (χ2n) is 5.63. The maximum Gasteiger partial charge on any atom is 0.184 e. The molecule has 16 heavy (non-hydrogen) atoms. The molecule has 0 rings (SSSR count). The van der Waals surface area contributed by atoms with Crippen molar-refractivity contribution in [2.75, 3.05) is 13.7 Å². The summed E-state index contributed by atoms with van der Waals surface area (Å²) in [6.07, 6.45) is 1.58. The van der Waals surface area contributed by atoms with Gasteiger partial charge in [-0.3, -0.25) is 0 Å². The number of oxime groups is 1. The van der Waals surface area contributed by atoms with Gasteiger partial charge in [-0.2, -0.15) is 0 Å². The van der Waals surface area contributed by atoms with E-state index in [1.165, 1.54) is 7.11 Å². The third-order valence-corrected chi connectivity index (χ3v) is 3.56. The average molecular weight is 263 g/mol. The van der Waals surface area contributed by atoms with E-state index in [2.05, 4.69) is 49.3 Å². The van der Waals surface area contributed by atoms with Crippen LogP contribution in [0.1, 0.15) is 0 Å². The van der Waals surface area contributed by atoms with Gasteiger partial charge in [0.15, 0.2) is 16.6 Å². The Bertz CT molecular complexity index is 221. The highest BCUT2D eigenvalue weighted by molar-refractivity contribution is 6.70. The van der Waals surface area contributed by atoms with Crippen molar-refractivity contribution in [1.82, 2.24) is 0 Å². The van der Waals surface area contributed by atoms with Crippen molar-refractivity contribution in [3.8, 4) is 0 Å². The first kappa shape index (κ1) is 15.8. The molecule has 0 saturated carbocycles. The van der Waals surface area contributed by atoms with Gasteiger partial charge in [0.05, 0.1) is 12.8 Å². The van der Waals surface area contributed by atoms with E-state index in [-0.39, 0.29) is 6.10 Å². The lowest BCUT2D eigenvalue weighted by molar-refractivity contribution is 0.161. The molecular formula is C10H25NO3Si2. The summed E-state index contributed by atoms with van der Waals surface area (Å²) < 4.78 is 11.8. The fourth-order valence-corrected chi connectivity index (χ4v) is 2.72. The maximum absolute atomic E-state index is 5.94. The van der Waals surface area contributed by atoms with E-state index in [9.17, 15) is 0 Å². The van der Waals surface area contributed by atoms with Crippen molar-refractivity contribution in [2.45, 2.75) is 45.4 Å². The molecule has 0 amide bonds. The Kier molecular flexibility index (Phi) is 6.46. The minimum absolute atomic E-state index is 0.0988. The van der Waals surface area contributed by atoms with E-state index < -0.39 is 16.6 Å². The van der Waals surface area contributed by atoms with Gasteiger partial charge in [0, 0.05) is 0 Å². The summed E-state index contributed by atoms with van der Waals surface area (Å²) in [6.45, 7) is 13.5. The highest BCUT2D eigenvalue weighted by Crippen LogP contribution is 2.10. The minimum Gasteiger partial charge on any atom is -0.415 e. The van der Waals surface area contributed by atoms with Crippen molar-refractivity contribution >= 4 is 22.8 Å². The molecule has 96 valence electrons. The van der Waals surface area contributed by atoms with Crippen LogP contribution in [-0.2, 0) is 13.7 Å². The van der Waals surface area contributed by atoms with Crippen LogP contribution in [0.15, 0.2) is 5.16 Å². The Morgan fingerprint density at radius 1 is 1.06 bits per heavy atom. The molecule has 0 radical (unpaired) electrons. The summed E-state index contributed by atoms with van der Waals surface area (Å²) in [5, 5.41) is 3.76. The molecular weight excluding hydrogens is 238 g/mol. The van der Waals surface area contributed by atoms with Crippen molar-refractivity contribution in [2.24, 2.45) is 5.16 Å². The Morgan fingerprint density at radius 2 is 1.62 bits per heavy atom. The first-order valence-corrected chi connectivity index (χ1v) is 12.3. The number of hydrogen-bond acceptors (Lipinski definition) is 4. The van der Waals surface area contributed by atoms with E-state index in [0.29, 0.717) is 6.61 Å². The molecule has 0 aromatic carbocycles. The zero-order valence-electron chi connectivity index (χ0n) is 11.5. The molecule has 1 atom stereocenters.